The summed E-state index contributed by atoms with van der Waals surface area (Å²) in [6, 6.07) is 0. The minimum atomic E-state index is -0.514. The fraction of sp³-hybridized carbons (Fsp3) is 0.923. The van der Waals surface area contributed by atoms with Crippen molar-refractivity contribution in [2.24, 2.45) is 5.41 Å². The fourth-order valence-corrected chi connectivity index (χ4v) is 1.57. The van der Waals surface area contributed by atoms with Gasteiger partial charge in [0, 0.05) is 19.1 Å². The van der Waals surface area contributed by atoms with Crippen LogP contribution in [0, 0.1) is 5.41 Å². The molecule has 0 heterocycles. The lowest BCUT2D eigenvalue weighted by Crippen LogP contribution is -2.42. The van der Waals surface area contributed by atoms with Crippen LogP contribution in [0.5, 0.6) is 0 Å². The van der Waals surface area contributed by atoms with Crippen LogP contribution in [0.4, 0.5) is 4.79 Å². The lowest BCUT2D eigenvalue weighted by atomic mass is 9.85. The van der Waals surface area contributed by atoms with E-state index in [0.717, 1.165) is 0 Å². The molecule has 0 radical (unpaired) electrons. The first-order chi connectivity index (χ1) is 8.12. The van der Waals surface area contributed by atoms with E-state index in [4.69, 9.17) is 9.47 Å². The van der Waals surface area contributed by atoms with Crippen molar-refractivity contribution in [3.05, 3.63) is 0 Å². The van der Waals surface area contributed by atoms with E-state index in [1.165, 1.54) is 0 Å². The zero-order valence-electron chi connectivity index (χ0n) is 12.4. The first kappa shape index (κ1) is 17.2. The van der Waals surface area contributed by atoms with Gasteiger partial charge in [0.15, 0.2) is 0 Å². The number of methoxy groups -OCH3 is 1. The number of nitrogens with one attached hydrogen (secondary N) is 1. The van der Waals surface area contributed by atoms with Crippen molar-refractivity contribution in [1.29, 1.82) is 0 Å². The van der Waals surface area contributed by atoms with Gasteiger partial charge in [-0.3, -0.25) is 0 Å². The average Bonchev–Trinajstić information content (AvgIpc) is 2.24. The highest BCUT2D eigenvalue weighted by molar-refractivity contribution is 5.67. The van der Waals surface area contributed by atoms with Crippen molar-refractivity contribution in [1.82, 2.24) is 5.32 Å². The van der Waals surface area contributed by atoms with E-state index in [2.05, 4.69) is 5.32 Å². The normalized spacial score (nSPS) is 16.8. The van der Waals surface area contributed by atoms with Gasteiger partial charge in [0.2, 0.25) is 0 Å². The molecule has 5 nitrogen and oxygen atoms in total. The summed E-state index contributed by atoms with van der Waals surface area (Å²) in [5.41, 5.74) is -0.925. The summed E-state index contributed by atoms with van der Waals surface area (Å²) in [6.45, 7) is 9.60. The van der Waals surface area contributed by atoms with Crippen LogP contribution in [0.2, 0.25) is 0 Å². The smallest absolute Gasteiger partial charge is 0.407 e. The molecule has 0 aliphatic rings. The SMILES string of the molecule is COC(C)CC(C)(CO)CNC(=O)OC(C)(C)C. The Morgan fingerprint density at radius 3 is 2.28 bits per heavy atom. The van der Waals surface area contributed by atoms with Crippen molar-refractivity contribution < 1.29 is 19.4 Å². The molecule has 0 saturated carbocycles. The molecule has 0 bridgehead atoms. The minimum Gasteiger partial charge on any atom is -0.444 e. The molecule has 0 spiro atoms. The Morgan fingerprint density at radius 1 is 1.33 bits per heavy atom. The number of amides is 1. The molecule has 0 aliphatic carbocycles. The molecular formula is C13H27NO4. The average molecular weight is 261 g/mol. The van der Waals surface area contributed by atoms with Crippen LogP contribution in [0.1, 0.15) is 41.0 Å². The molecule has 0 rings (SSSR count). The highest BCUT2D eigenvalue weighted by Crippen LogP contribution is 2.23. The molecule has 18 heavy (non-hydrogen) atoms. The Labute approximate surface area is 110 Å². The molecule has 0 aromatic carbocycles. The van der Waals surface area contributed by atoms with E-state index < -0.39 is 17.1 Å². The van der Waals surface area contributed by atoms with E-state index in [0.29, 0.717) is 13.0 Å². The van der Waals surface area contributed by atoms with Gasteiger partial charge in [0.25, 0.3) is 0 Å². The first-order valence-electron chi connectivity index (χ1n) is 6.22. The summed E-state index contributed by atoms with van der Waals surface area (Å²) >= 11 is 0. The third kappa shape index (κ3) is 7.50. The summed E-state index contributed by atoms with van der Waals surface area (Å²) in [4.78, 5) is 11.5. The Bertz CT molecular complexity index is 262. The lowest BCUT2D eigenvalue weighted by molar-refractivity contribution is 0.0301. The van der Waals surface area contributed by atoms with Gasteiger partial charge in [-0.2, -0.15) is 0 Å². The maximum absolute atomic E-state index is 11.5. The van der Waals surface area contributed by atoms with E-state index in [1.54, 1.807) is 7.11 Å². The predicted molar refractivity (Wildman–Crippen MR) is 70.5 cm³/mol. The topological polar surface area (TPSA) is 67.8 Å². The van der Waals surface area contributed by atoms with Crippen LogP contribution >= 0.6 is 0 Å². The Hall–Kier alpha value is -0.810. The third-order valence-electron chi connectivity index (χ3n) is 2.62. The molecule has 1 amide bonds. The standard InChI is InChI=1S/C13H27NO4/c1-10(17-6)7-13(5,9-15)8-14-11(16)18-12(2,3)4/h10,15H,7-9H2,1-6H3,(H,14,16). The molecule has 2 N–H and O–H groups in total. The van der Waals surface area contributed by atoms with Crippen LogP contribution in [-0.2, 0) is 9.47 Å². The van der Waals surface area contributed by atoms with Gasteiger partial charge in [-0.25, -0.2) is 4.79 Å². The van der Waals surface area contributed by atoms with Crippen LogP contribution in [0.3, 0.4) is 0 Å². The fourth-order valence-electron chi connectivity index (χ4n) is 1.57. The molecule has 0 saturated heterocycles. The second kappa shape index (κ2) is 6.95. The second-order valence-corrected chi connectivity index (χ2v) is 6.07. The van der Waals surface area contributed by atoms with E-state index >= 15 is 0 Å². The summed E-state index contributed by atoms with van der Waals surface area (Å²) in [7, 11) is 1.63. The maximum Gasteiger partial charge on any atom is 0.407 e. The molecule has 0 aromatic rings. The van der Waals surface area contributed by atoms with Gasteiger partial charge in [0.05, 0.1) is 12.7 Å². The Balaban J connectivity index is 4.25. The Morgan fingerprint density at radius 2 is 1.89 bits per heavy atom. The first-order valence-corrected chi connectivity index (χ1v) is 6.22. The van der Waals surface area contributed by atoms with Gasteiger partial charge in [0.1, 0.15) is 5.60 Å². The van der Waals surface area contributed by atoms with Crippen LogP contribution in [-0.4, -0.2) is 43.2 Å². The number of aliphatic hydroxyl groups excluding tert-OH is 1. The number of carbonyl (C=O) groups is 1. The molecule has 5 heteroatoms. The van der Waals surface area contributed by atoms with Crippen LogP contribution < -0.4 is 5.32 Å². The van der Waals surface area contributed by atoms with Gasteiger partial charge < -0.3 is 19.9 Å². The van der Waals surface area contributed by atoms with Gasteiger partial charge in [-0.15, -0.1) is 0 Å². The summed E-state index contributed by atoms with van der Waals surface area (Å²) in [5, 5.41) is 12.1. The lowest BCUT2D eigenvalue weighted by Gasteiger charge is -2.30. The number of alkyl carbamates (subject to hydrolysis) is 1. The monoisotopic (exact) mass is 261 g/mol. The number of carbonyl (C=O) groups excluding carboxylic acids is 1. The zero-order valence-corrected chi connectivity index (χ0v) is 12.4. The zero-order chi connectivity index (χ0) is 14.4. The highest BCUT2D eigenvalue weighted by atomic mass is 16.6. The third-order valence-corrected chi connectivity index (χ3v) is 2.62. The number of hydrogen-bond donors (Lipinski definition) is 2. The molecule has 0 aromatic heterocycles. The molecule has 2 atom stereocenters. The quantitative estimate of drug-likeness (QED) is 0.766. The number of ether oxygens (including phenoxy) is 2. The summed E-state index contributed by atoms with van der Waals surface area (Å²) in [6.07, 6.45) is 0.227. The van der Waals surface area contributed by atoms with Crippen molar-refractivity contribution in [2.45, 2.75) is 52.7 Å². The van der Waals surface area contributed by atoms with Crippen molar-refractivity contribution in [2.75, 3.05) is 20.3 Å². The van der Waals surface area contributed by atoms with Gasteiger partial charge >= 0.3 is 6.09 Å². The molecular weight excluding hydrogens is 234 g/mol. The molecule has 108 valence electrons. The number of hydrogen-bond acceptors (Lipinski definition) is 4. The molecule has 2 unspecified atom stereocenters. The van der Waals surface area contributed by atoms with Gasteiger partial charge in [-0.1, -0.05) is 6.92 Å². The van der Waals surface area contributed by atoms with Crippen LogP contribution in [0.25, 0.3) is 0 Å². The summed E-state index contributed by atoms with van der Waals surface area (Å²) in [5.74, 6) is 0. The largest absolute Gasteiger partial charge is 0.444 e. The van der Waals surface area contributed by atoms with Crippen molar-refractivity contribution >= 4 is 6.09 Å². The second-order valence-electron chi connectivity index (χ2n) is 6.07. The van der Waals surface area contributed by atoms with E-state index in [9.17, 15) is 9.90 Å². The maximum atomic E-state index is 11.5. The molecule has 0 fully saturated rings. The number of rotatable bonds is 6. The molecule has 0 aliphatic heterocycles. The Kier molecular flexibility index (Phi) is 6.63. The minimum absolute atomic E-state index is 0.0174. The number of aliphatic hydroxyl groups is 1. The van der Waals surface area contributed by atoms with E-state index in [1.807, 2.05) is 34.6 Å². The van der Waals surface area contributed by atoms with E-state index in [-0.39, 0.29) is 12.7 Å². The van der Waals surface area contributed by atoms with Gasteiger partial charge in [-0.05, 0) is 34.1 Å². The van der Waals surface area contributed by atoms with Crippen LogP contribution in [0.15, 0.2) is 0 Å². The summed E-state index contributed by atoms with van der Waals surface area (Å²) < 4.78 is 10.3. The van der Waals surface area contributed by atoms with Crippen molar-refractivity contribution in [3.63, 3.8) is 0 Å². The van der Waals surface area contributed by atoms with Crippen molar-refractivity contribution in [3.8, 4) is 0 Å². The predicted octanol–water partition coefficient (Wildman–Crippen LogP) is 1.93. The highest BCUT2D eigenvalue weighted by Gasteiger charge is 2.27.